The monoisotopic (exact) mass is 271 g/mol. The van der Waals surface area contributed by atoms with Crippen molar-refractivity contribution in [1.82, 2.24) is 15.2 Å². The minimum absolute atomic E-state index is 0.265. The van der Waals surface area contributed by atoms with Gasteiger partial charge in [0.1, 0.15) is 6.04 Å². The topological polar surface area (TPSA) is 54.5 Å². The van der Waals surface area contributed by atoms with Crippen LogP contribution in [0.2, 0.25) is 0 Å². The lowest BCUT2D eigenvalue weighted by molar-refractivity contribution is -0.143. The normalized spacial score (nSPS) is 12.7. The maximum Gasteiger partial charge on any atom is 0.328 e. The third-order valence-corrected chi connectivity index (χ3v) is 3.68. The Morgan fingerprint density at radius 1 is 1.56 bits per heavy atom. The zero-order valence-electron chi connectivity index (χ0n) is 11.2. The average molecular weight is 271 g/mol. The van der Waals surface area contributed by atoms with Gasteiger partial charge in [-0.15, -0.1) is 11.3 Å². The van der Waals surface area contributed by atoms with Crippen LogP contribution >= 0.6 is 11.3 Å². The van der Waals surface area contributed by atoms with Gasteiger partial charge >= 0.3 is 5.97 Å². The predicted octanol–water partition coefficient (Wildman–Crippen LogP) is 1.29. The minimum Gasteiger partial charge on any atom is -0.468 e. The van der Waals surface area contributed by atoms with Gasteiger partial charge in [0.15, 0.2) is 0 Å². The summed E-state index contributed by atoms with van der Waals surface area (Å²) in [6.45, 7) is 7.96. The molecule has 1 aromatic heterocycles. The highest BCUT2D eigenvalue weighted by Gasteiger charge is 2.22. The molecule has 0 spiro atoms. The molecule has 0 amide bonds. The number of ether oxygens (including phenoxy) is 1. The number of hydrogen-bond acceptors (Lipinski definition) is 6. The number of esters is 1. The molecule has 1 N–H and O–H groups in total. The third kappa shape index (κ3) is 4.36. The molecule has 0 saturated carbocycles. The maximum absolute atomic E-state index is 11.7. The van der Waals surface area contributed by atoms with Crippen molar-refractivity contribution in [1.29, 1.82) is 0 Å². The van der Waals surface area contributed by atoms with Crippen LogP contribution in [0.5, 0.6) is 0 Å². The largest absolute Gasteiger partial charge is 0.468 e. The van der Waals surface area contributed by atoms with E-state index in [-0.39, 0.29) is 5.97 Å². The summed E-state index contributed by atoms with van der Waals surface area (Å²) >= 11 is 1.46. The van der Waals surface area contributed by atoms with Gasteiger partial charge < -0.3 is 9.64 Å². The number of likely N-dealkylation sites (N-methyl/N-ethyl adjacent to an activating group) is 1. The van der Waals surface area contributed by atoms with Crippen LogP contribution < -0.4 is 5.32 Å². The number of nitrogens with zero attached hydrogens (tertiary/aromatic N) is 2. The number of nitrogens with one attached hydrogen (secondary N) is 1. The summed E-state index contributed by atoms with van der Waals surface area (Å²) in [5, 5.41) is 3.23. The molecule has 1 atom stereocenters. The van der Waals surface area contributed by atoms with Gasteiger partial charge in [0.25, 0.3) is 0 Å². The molecule has 0 aliphatic rings. The Balaban J connectivity index is 2.50. The van der Waals surface area contributed by atoms with Gasteiger partial charge in [-0.3, -0.25) is 10.3 Å². The van der Waals surface area contributed by atoms with Crippen molar-refractivity contribution in [2.24, 2.45) is 0 Å². The molecule has 0 aliphatic heterocycles. The average Bonchev–Trinajstić information content (AvgIpc) is 2.92. The van der Waals surface area contributed by atoms with Crippen molar-refractivity contribution in [2.45, 2.75) is 19.9 Å². The molecule has 0 aromatic carbocycles. The van der Waals surface area contributed by atoms with E-state index < -0.39 is 6.04 Å². The second-order valence-electron chi connectivity index (χ2n) is 3.84. The minimum atomic E-state index is -0.405. The van der Waals surface area contributed by atoms with Gasteiger partial charge in [-0.2, -0.15) is 0 Å². The molecular weight excluding hydrogens is 250 g/mol. The third-order valence-electron chi connectivity index (χ3n) is 2.84. The predicted molar refractivity (Wildman–Crippen MR) is 72.7 cm³/mol. The highest BCUT2D eigenvalue weighted by Crippen LogP contribution is 2.18. The van der Waals surface area contributed by atoms with E-state index in [1.807, 2.05) is 0 Å². The SMILES string of the molecule is CCN(CC)CCNC(C(=O)OC)c1cncs1. The van der Waals surface area contributed by atoms with E-state index in [9.17, 15) is 4.79 Å². The number of aromatic nitrogens is 1. The Labute approximate surface area is 112 Å². The number of methoxy groups -OCH3 is 1. The van der Waals surface area contributed by atoms with Crippen molar-refractivity contribution >= 4 is 17.3 Å². The Morgan fingerprint density at radius 3 is 2.78 bits per heavy atom. The van der Waals surface area contributed by atoms with Gasteiger partial charge in [-0.05, 0) is 13.1 Å². The summed E-state index contributed by atoms with van der Waals surface area (Å²) in [4.78, 5) is 18.9. The lowest BCUT2D eigenvalue weighted by atomic mass is 10.2. The molecule has 1 heterocycles. The number of rotatable bonds is 8. The Hall–Kier alpha value is -0.980. The molecule has 6 heteroatoms. The first-order valence-corrected chi connectivity index (χ1v) is 7.02. The van der Waals surface area contributed by atoms with E-state index in [2.05, 4.69) is 29.0 Å². The van der Waals surface area contributed by atoms with Crippen molar-refractivity contribution < 1.29 is 9.53 Å². The van der Waals surface area contributed by atoms with Crippen molar-refractivity contribution in [3.8, 4) is 0 Å². The van der Waals surface area contributed by atoms with E-state index in [1.165, 1.54) is 18.4 Å². The second-order valence-corrected chi connectivity index (χ2v) is 4.76. The molecule has 1 aromatic rings. The second kappa shape index (κ2) is 8.18. The maximum atomic E-state index is 11.7. The first-order chi connectivity index (χ1) is 8.72. The van der Waals surface area contributed by atoms with Crippen LogP contribution in [0.3, 0.4) is 0 Å². The fourth-order valence-corrected chi connectivity index (χ4v) is 2.37. The van der Waals surface area contributed by atoms with E-state index in [0.717, 1.165) is 31.1 Å². The summed E-state index contributed by atoms with van der Waals surface area (Å²) in [5.74, 6) is -0.265. The molecule has 5 nitrogen and oxygen atoms in total. The standard InChI is InChI=1S/C12H21N3O2S/c1-4-15(5-2)7-6-14-11(12(16)17-3)10-8-13-9-18-10/h8-9,11,14H,4-7H2,1-3H3. The highest BCUT2D eigenvalue weighted by molar-refractivity contribution is 7.09. The lowest BCUT2D eigenvalue weighted by Gasteiger charge is -2.20. The Morgan fingerprint density at radius 2 is 2.28 bits per heavy atom. The van der Waals surface area contributed by atoms with Crippen LogP contribution in [0.25, 0.3) is 0 Å². The van der Waals surface area contributed by atoms with Gasteiger partial charge in [-0.25, -0.2) is 4.79 Å². The first-order valence-electron chi connectivity index (χ1n) is 6.14. The van der Waals surface area contributed by atoms with E-state index in [1.54, 1.807) is 11.7 Å². The van der Waals surface area contributed by atoms with E-state index in [4.69, 9.17) is 4.74 Å². The smallest absolute Gasteiger partial charge is 0.328 e. The molecule has 102 valence electrons. The lowest BCUT2D eigenvalue weighted by Crippen LogP contribution is -2.36. The number of carbonyl (C=O) groups excluding carboxylic acids is 1. The van der Waals surface area contributed by atoms with Gasteiger partial charge in [0.05, 0.1) is 17.5 Å². The van der Waals surface area contributed by atoms with Crippen LogP contribution in [0.4, 0.5) is 0 Å². The van der Waals surface area contributed by atoms with E-state index >= 15 is 0 Å². The fraction of sp³-hybridized carbons (Fsp3) is 0.667. The fourth-order valence-electron chi connectivity index (χ4n) is 1.69. The van der Waals surface area contributed by atoms with E-state index in [0.29, 0.717) is 0 Å². The van der Waals surface area contributed by atoms with Crippen molar-refractivity contribution in [2.75, 3.05) is 33.3 Å². The van der Waals surface area contributed by atoms with Crippen LogP contribution in [-0.4, -0.2) is 49.1 Å². The molecule has 1 rings (SSSR count). The summed E-state index contributed by atoms with van der Waals surface area (Å²) in [5.41, 5.74) is 1.72. The van der Waals surface area contributed by atoms with Crippen LogP contribution in [-0.2, 0) is 9.53 Å². The number of thiazole rings is 1. The van der Waals surface area contributed by atoms with Gasteiger partial charge in [-0.1, -0.05) is 13.8 Å². The summed E-state index contributed by atoms with van der Waals surface area (Å²) < 4.78 is 4.81. The van der Waals surface area contributed by atoms with Crippen molar-refractivity contribution in [3.63, 3.8) is 0 Å². The summed E-state index contributed by atoms with van der Waals surface area (Å²) in [6, 6.07) is -0.405. The summed E-state index contributed by atoms with van der Waals surface area (Å²) in [7, 11) is 1.41. The molecule has 0 radical (unpaired) electrons. The quantitative estimate of drug-likeness (QED) is 0.722. The van der Waals surface area contributed by atoms with Crippen LogP contribution in [0, 0.1) is 0 Å². The van der Waals surface area contributed by atoms with Gasteiger partial charge in [0, 0.05) is 19.3 Å². The molecule has 0 aliphatic carbocycles. The molecule has 0 fully saturated rings. The Bertz CT molecular complexity index is 339. The first kappa shape index (κ1) is 15.1. The molecule has 1 unspecified atom stereocenters. The number of hydrogen-bond donors (Lipinski definition) is 1. The molecule has 0 saturated heterocycles. The zero-order valence-corrected chi connectivity index (χ0v) is 12.0. The van der Waals surface area contributed by atoms with Crippen molar-refractivity contribution in [3.05, 3.63) is 16.6 Å². The zero-order chi connectivity index (χ0) is 13.4. The summed E-state index contributed by atoms with van der Waals surface area (Å²) in [6.07, 6.45) is 1.71. The van der Waals surface area contributed by atoms with Crippen LogP contribution in [0.15, 0.2) is 11.7 Å². The molecule has 18 heavy (non-hydrogen) atoms. The number of carbonyl (C=O) groups is 1. The highest BCUT2D eigenvalue weighted by atomic mass is 32.1. The molecule has 0 bridgehead atoms. The van der Waals surface area contributed by atoms with Gasteiger partial charge in [0.2, 0.25) is 0 Å². The van der Waals surface area contributed by atoms with Crippen LogP contribution in [0.1, 0.15) is 24.8 Å². The molecular formula is C12H21N3O2S. The Kier molecular flexibility index (Phi) is 6.85.